The number of hydrogen-bond donors (Lipinski definition) is 1. The molecule has 0 spiro atoms. The van der Waals surface area contributed by atoms with Crippen molar-refractivity contribution in [3.05, 3.63) is 29.8 Å². The highest BCUT2D eigenvalue weighted by Gasteiger charge is 2.25. The van der Waals surface area contributed by atoms with Crippen LogP contribution in [-0.4, -0.2) is 27.3 Å². The van der Waals surface area contributed by atoms with E-state index < -0.39 is 9.84 Å². The summed E-state index contributed by atoms with van der Waals surface area (Å²) in [6.45, 7) is 3.56. The SMILES string of the molecule is Cc1cccc(S(=O)(=O)CC2CNC2)c1. The third-order valence-electron chi connectivity index (χ3n) is 2.67. The Morgan fingerprint density at radius 2 is 2.13 bits per heavy atom. The van der Waals surface area contributed by atoms with E-state index in [1.807, 2.05) is 13.0 Å². The van der Waals surface area contributed by atoms with Crippen molar-refractivity contribution in [3.8, 4) is 0 Å². The van der Waals surface area contributed by atoms with Crippen LogP contribution in [0.3, 0.4) is 0 Å². The van der Waals surface area contributed by atoms with E-state index in [0.717, 1.165) is 18.7 Å². The van der Waals surface area contributed by atoms with Gasteiger partial charge in [-0.3, -0.25) is 0 Å². The zero-order valence-electron chi connectivity index (χ0n) is 8.73. The summed E-state index contributed by atoms with van der Waals surface area (Å²) in [6.07, 6.45) is 0. The highest BCUT2D eigenvalue weighted by molar-refractivity contribution is 7.91. The minimum absolute atomic E-state index is 0.267. The first-order chi connectivity index (χ1) is 7.08. The third kappa shape index (κ3) is 2.38. The van der Waals surface area contributed by atoms with E-state index in [2.05, 4.69) is 5.32 Å². The van der Waals surface area contributed by atoms with E-state index in [9.17, 15) is 8.42 Å². The summed E-state index contributed by atoms with van der Waals surface area (Å²) in [4.78, 5) is 0.453. The summed E-state index contributed by atoms with van der Waals surface area (Å²) >= 11 is 0. The second-order valence-corrected chi connectivity index (χ2v) is 6.16. The van der Waals surface area contributed by atoms with Crippen LogP contribution in [0.2, 0.25) is 0 Å². The molecule has 1 aliphatic heterocycles. The van der Waals surface area contributed by atoms with Crippen LogP contribution in [-0.2, 0) is 9.84 Å². The van der Waals surface area contributed by atoms with Crippen LogP contribution in [0.25, 0.3) is 0 Å². The van der Waals surface area contributed by atoms with Crippen LogP contribution in [0.5, 0.6) is 0 Å². The molecule has 1 heterocycles. The maximum absolute atomic E-state index is 12.0. The molecule has 2 rings (SSSR count). The lowest BCUT2D eigenvalue weighted by atomic mass is 10.1. The molecule has 0 radical (unpaired) electrons. The molecule has 82 valence electrons. The van der Waals surface area contributed by atoms with E-state index in [-0.39, 0.29) is 11.7 Å². The molecule has 1 saturated heterocycles. The molecule has 0 aliphatic carbocycles. The van der Waals surface area contributed by atoms with E-state index in [1.54, 1.807) is 18.2 Å². The monoisotopic (exact) mass is 225 g/mol. The number of hydrogen-bond acceptors (Lipinski definition) is 3. The molecule has 1 aromatic carbocycles. The largest absolute Gasteiger partial charge is 0.316 e. The maximum Gasteiger partial charge on any atom is 0.178 e. The minimum Gasteiger partial charge on any atom is -0.316 e. The number of benzene rings is 1. The predicted octanol–water partition coefficient (Wildman–Crippen LogP) is 0.988. The van der Waals surface area contributed by atoms with Gasteiger partial charge in [-0.1, -0.05) is 12.1 Å². The van der Waals surface area contributed by atoms with Crippen molar-refractivity contribution in [2.75, 3.05) is 18.8 Å². The first-order valence-corrected chi connectivity index (χ1v) is 6.73. The minimum atomic E-state index is -3.08. The highest BCUT2D eigenvalue weighted by Crippen LogP contribution is 2.17. The topological polar surface area (TPSA) is 46.2 Å². The molecule has 4 heteroatoms. The normalized spacial score (nSPS) is 17.4. The molecule has 1 aliphatic rings. The number of nitrogens with one attached hydrogen (secondary N) is 1. The van der Waals surface area contributed by atoms with Crippen molar-refractivity contribution < 1.29 is 8.42 Å². The van der Waals surface area contributed by atoms with Gasteiger partial charge in [-0.05, 0) is 30.5 Å². The molecule has 1 N–H and O–H groups in total. The zero-order valence-corrected chi connectivity index (χ0v) is 9.55. The van der Waals surface area contributed by atoms with Crippen LogP contribution < -0.4 is 5.32 Å². The Balaban J connectivity index is 2.20. The van der Waals surface area contributed by atoms with Gasteiger partial charge >= 0.3 is 0 Å². The van der Waals surface area contributed by atoms with Gasteiger partial charge in [0.25, 0.3) is 0 Å². The fraction of sp³-hybridized carbons (Fsp3) is 0.455. The first kappa shape index (κ1) is 10.6. The lowest BCUT2D eigenvalue weighted by Gasteiger charge is -2.26. The summed E-state index contributed by atoms with van der Waals surface area (Å²) in [5.74, 6) is 0.555. The lowest BCUT2D eigenvalue weighted by Crippen LogP contribution is -2.45. The van der Waals surface area contributed by atoms with Crippen LogP contribution in [0.1, 0.15) is 5.56 Å². The lowest BCUT2D eigenvalue weighted by molar-refractivity contribution is 0.378. The molecule has 0 bridgehead atoms. The van der Waals surface area contributed by atoms with Gasteiger partial charge in [-0.25, -0.2) is 8.42 Å². The van der Waals surface area contributed by atoms with Crippen molar-refractivity contribution in [2.24, 2.45) is 5.92 Å². The molecule has 0 atom stereocenters. The van der Waals surface area contributed by atoms with Gasteiger partial charge in [-0.15, -0.1) is 0 Å². The molecule has 15 heavy (non-hydrogen) atoms. The average Bonchev–Trinajstić information content (AvgIpc) is 2.12. The second kappa shape index (κ2) is 3.94. The van der Waals surface area contributed by atoms with Gasteiger partial charge in [0.15, 0.2) is 9.84 Å². The van der Waals surface area contributed by atoms with Gasteiger partial charge < -0.3 is 5.32 Å². The van der Waals surface area contributed by atoms with Gasteiger partial charge in [0.1, 0.15) is 0 Å². The fourth-order valence-corrected chi connectivity index (χ4v) is 3.38. The summed E-state index contributed by atoms with van der Waals surface area (Å²) in [6, 6.07) is 7.11. The van der Waals surface area contributed by atoms with E-state index in [4.69, 9.17) is 0 Å². The van der Waals surface area contributed by atoms with Crippen LogP contribution in [0.4, 0.5) is 0 Å². The predicted molar refractivity (Wildman–Crippen MR) is 59.6 cm³/mol. The van der Waals surface area contributed by atoms with Crippen molar-refractivity contribution in [1.82, 2.24) is 5.32 Å². The Hall–Kier alpha value is -0.870. The quantitative estimate of drug-likeness (QED) is 0.834. The van der Waals surface area contributed by atoms with E-state index >= 15 is 0 Å². The molecule has 3 nitrogen and oxygen atoms in total. The summed E-state index contributed by atoms with van der Waals surface area (Å²) in [5.41, 5.74) is 0.989. The second-order valence-electron chi connectivity index (χ2n) is 4.12. The summed E-state index contributed by atoms with van der Waals surface area (Å²) in [5, 5.41) is 3.08. The molecule has 0 aromatic heterocycles. The Bertz CT molecular complexity index is 449. The molecular weight excluding hydrogens is 210 g/mol. The molecule has 0 amide bonds. The van der Waals surface area contributed by atoms with E-state index in [1.165, 1.54) is 0 Å². The molecule has 1 aromatic rings. The van der Waals surface area contributed by atoms with Crippen LogP contribution >= 0.6 is 0 Å². The zero-order chi connectivity index (χ0) is 10.9. The van der Waals surface area contributed by atoms with E-state index in [0.29, 0.717) is 4.90 Å². The Kier molecular flexibility index (Phi) is 2.80. The maximum atomic E-state index is 12.0. The van der Waals surface area contributed by atoms with Gasteiger partial charge in [-0.2, -0.15) is 0 Å². The van der Waals surface area contributed by atoms with Crippen molar-refractivity contribution in [2.45, 2.75) is 11.8 Å². The van der Waals surface area contributed by atoms with Gasteiger partial charge in [0.2, 0.25) is 0 Å². The molecular formula is C11H15NO2S. The highest BCUT2D eigenvalue weighted by atomic mass is 32.2. The Labute approximate surface area is 90.4 Å². The molecule has 0 unspecified atom stereocenters. The molecule has 0 saturated carbocycles. The third-order valence-corrected chi connectivity index (χ3v) is 4.55. The number of rotatable bonds is 3. The van der Waals surface area contributed by atoms with Crippen molar-refractivity contribution in [1.29, 1.82) is 0 Å². The van der Waals surface area contributed by atoms with Gasteiger partial charge in [0, 0.05) is 13.1 Å². The van der Waals surface area contributed by atoms with Crippen LogP contribution in [0, 0.1) is 12.8 Å². The van der Waals surface area contributed by atoms with Crippen molar-refractivity contribution in [3.63, 3.8) is 0 Å². The number of sulfone groups is 1. The Morgan fingerprint density at radius 1 is 1.40 bits per heavy atom. The standard InChI is InChI=1S/C11H15NO2S/c1-9-3-2-4-11(5-9)15(13,14)8-10-6-12-7-10/h2-5,10,12H,6-8H2,1H3. The van der Waals surface area contributed by atoms with Crippen molar-refractivity contribution >= 4 is 9.84 Å². The smallest absolute Gasteiger partial charge is 0.178 e. The first-order valence-electron chi connectivity index (χ1n) is 5.08. The number of aryl methyl sites for hydroxylation is 1. The van der Waals surface area contributed by atoms with Crippen LogP contribution in [0.15, 0.2) is 29.2 Å². The molecule has 1 fully saturated rings. The Morgan fingerprint density at radius 3 is 2.67 bits per heavy atom. The average molecular weight is 225 g/mol. The summed E-state index contributed by atoms with van der Waals surface area (Å²) < 4.78 is 23.9. The fourth-order valence-electron chi connectivity index (χ4n) is 1.68. The van der Waals surface area contributed by atoms with Gasteiger partial charge in [0.05, 0.1) is 10.6 Å². The summed E-state index contributed by atoms with van der Waals surface area (Å²) in [7, 11) is -3.08.